The predicted octanol–water partition coefficient (Wildman–Crippen LogP) is 2.34. The van der Waals surface area contributed by atoms with Crippen LogP contribution in [0.15, 0.2) is 35.3 Å². The third-order valence-electron chi connectivity index (χ3n) is 4.78. The number of likely N-dealkylation sites (N-methyl/N-ethyl adjacent to an activating group) is 1. The van der Waals surface area contributed by atoms with Crippen molar-refractivity contribution in [1.82, 2.24) is 19.5 Å². The summed E-state index contributed by atoms with van der Waals surface area (Å²) in [5.74, 6) is 0. The number of rotatable bonds is 4. The highest BCUT2D eigenvalue weighted by molar-refractivity contribution is 7.20. The third kappa shape index (κ3) is 3.30. The van der Waals surface area contributed by atoms with Gasteiger partial charge >= 0.3 is 0 Å². The largest absolute Gasteiger partial charge is 0.369 e. The van der Waals surface area contributed by atoms with Crippen LogP contribution in [-0.4, -0.2) is 52.2 Å². The fourth-order valence-corrected chi connectivity index (χ4v) is 4.11. The molecule has 0 aliphatic carbocycles. The molecule has 0 amide bonds. The van der Waals surface area contributed by atoms with E-state index in [1.807, 2.05) is 0 Å². The summed E-state index contributed by atoms with van der Waals surface area (Å²) in [7, 11) is 0. The van der Waals surface area contributed by atoms with E-state index in [1.165, 1.54) is 39.4 Å². The number of nitrogens with zero attached hydrogens (tertiary/aromatic N) is 5. The van der Waals surface area contributed by atoms with Gasteiger partial charge in [0.15, 0.2) is 0 Å². The summed E-state index contributed by atoms with van der Waals surface area (Å²) in [4.78, 5) is 21.5. The van der Waals surface area contributed by atoms with Gasteiger partial charge in [-0.1, -0.05) is 18.3 Å². The lowest BCUT2D eigenvalue weighted by atomic mass is 10.1. The molecule has 0 unspecified atom stereocenters. The van der Waals surface area contributed by atoms with Crippen LogP contribution < -0.4 is 15.8 Å². The van der Waals surface area contributed by atoms with Crippen molar-refractivity contribution >= 4 is 32.8 Å². The normalized spacial score (nSPS) is 15.5. The van der Waals surface area contributed by atoms with Gasteiger partial charge in [-0.2, -0.15) is 4.52 Å². The van der Waals surface area contributed by atoms with Crippen LogP contribution in [-0.2, 0) is 0 Å². The van der Waals surface area contributed by atoms with E-state index < -0.39 is 0 Å². The minimum Gasteiger partial charge on any atom is -0.369 e. The number of piperazine rings is 1. The Morgan fingerprint density at radius 3 is 2.69 bits per heavy atom. The Kier molecular flexibility index (Phi) is 4.60. The Bertz CT molecular complexity index is 973. The van der Waals surface area contributed by atoms with E-state index in [2.05, 4.69) is 57.2 Å². The highest BCUT2D eigenvalue weighted by atomic mass is 32.1. The van der Waals surface area contributed by atoms with Gasteiger partial charge in [0.1, 0.15) is 0 Å². The number of anilines is 3. The van der Waals surface area contributed by atoms with Crippen molar-refractivity contribution in [2.75, 3.05) is 42.9 Å². The summed E-state index contributed by atoms with van der Waals surface area (Å²) < 4.78 is 1.32. The van der Waals surface area contributed by atoms with E-state index in [9.17, 15) is 4.79 Å². The highest BCUT2D eigenvalue weighted by Gasteiger charge is 2.17. The SMILES string of the molecule is CCN1CCN(c2ccc(Nc3nn4c(=O)ccnc4s3)cc2C)CC1. The molecular formula is C18H22N6OS. The fourth-order valence-electron chi connectivity index (χ4n) is 3.31. The molecule has 3 heterocycles. The Hall–Kier alpha value is -2.45. The number of hydrogen-bond donors (Lipinski definition) is 1. The summed E-state index contributed by atoms with van der Waals surface area (Å²) in [5.41, 5.74) is 3.31. The van der Waals surface area contributed by atoms with E-state index >= 15 is 0 Å². The molecule has 1 N–H and O–H groups in total. The van der Waals surface area contributed by atoms with E-state index in [4.69, 9.17) is 0 Å². The molecule has 136 valence electrons. The van der Waals surface area contributed by atoms with E-state index in [0.717, 1.165) is 38.4 Å². The van der Waals surface area contributed by atoms with Crippen molar-refractivity contribution in [3.05, 3.63) is 46.4 Å². The Morgan fingerprint density at radius 2 is 2.00 bits per heavy atom. The second kappa shape index (κ2) is 7.05. The van der Waals surface area contributed by atoms with Gasteiger partial charge in [0, 0.05) is 49.8 Å². The quantitative estimate of drug-likeness (QED) is 0.760. The minimum atomic E-state index is -0.169. The van der Waals surface area contributed by atoms with Gasteiger partial charge in [-0.15, -0.1) is 5.10 Å². The predicted molar refractivity (Wildman–Crippen MR) is 106 cm³/mol. The van der Waals surface area contributed by atoms with Gasteiger partial charge in [0.25, 0.3) is 5.56 Å². The van der Waals surface area contributed by atoms with Gasteiger partial charge in [-0.3, -0.25) is 4.79 Å². The molecule has 1 fully saturated rings. The van der Waals surface area contributed by atoms with E-state index in [-0.39, 0.29) is 5.56 Å². The zero-order valence-electron chi connectivity index (χ0n) is 15.0. The standard InChI is InChI=1S/C18H22N6OS/c1-3-22-8-10-23(11-9-22)15-5-4-14(12-13(15)2)20-17-21-24-16(25)6-7-19-18(24)26-17/h4-7,12H,3,8-11H2,1-2H3,(H,20,21). The molecule has 8 heteroatoms. The topological polar surface area (TPSA) is 65.8 Å². The molecule has 0 bridgehead atoms. The van der Waals surface area contributed by atoms with Gasteiger partial charge in [-0.25, -0.2) is 4.98 Å². The number of hydrogen-bond acceptors (Lipinski definition) is 7. The summed E-state index contributed by atoms with van der Waals surface area (Å²) in [6, 6.07) is 7.77. The van der Waals surface area contributed by atoms with Crippen molar-refractivity contribution in [2.45, 2.75) is 13.8 Å². The molecule has 0 saturated carbocycles. The second-order valence-electron chi connectivity index (χ2n) is 6.43. The van der Waals surface area contributed by atoms with Crippen LogP contribution in [0.5, 0.6) is 0 Å². The van der Waals surface area contributed by atoms with Gasteiger partial charge < -0.3 is 15.1 Å². The van der Waals surface area contributed by atoms with Crippen molar-refractivity contribution in [2.24, 2.45) is 0 Å². The number of nitrogens with one attached hydrogen (secondary N) is 1. The lowest BCUT2D eigenvalue weighted by molar-refractivity contribution is 0.271. The van der Waals surface area contributed by atoms with Crippen LogP contribution in [0.3, 0.4) is 0 Å². The molecule has 3 aromatic rings. The maximum Gasteiger partial charge on any atom is 0.275 e. The monoisotopic (exact) mass is 370 g/mol. The van der Waals surface area contributed by atoms with Crippen molar-refractivity contribution in [3.8, 4) is 0 Å². The molecule has 7 nitrogen and oxygen atoms in total. The van der Waals surface area contributed by atoms with Crippen LogP contribution >= 0.6 is 11.3 Å². The maximum absolute atomic E-state index is 11.8. The molecule has 1 aliphatic heterocycles. The molecule has 1 aliphatic rings. The summed E-state index contributed by atoms with van der Waals surface area (Å²) in [6.45, 7) is 9.83. The Balaban J connectivity index is 1.52. The zero-order valence-corrected chi connectivity index (χ0v) is 15.8. The van der Waals surface area contributed by atoms with Gasteiger partial charge in [0.2, 0.25) is 10.1 Å². The van der Waals surface area contributed by atoms with Crippen LogP contribution in [0.2, 0.25) is 0 Å². The molecule has 0 spiro atoms. The smallest absolute Gasteiger partial charge is 0.275 e. The number of fused-ring (bicyclic) bond motifs is 1. The van der Waals surface area contributed by atoms with Gasteiger partial charge in [0.05, 0.1) is 0 Å². The molecule has 1 aromatic carbocycles. The Morgan fingerprint density at radius 1 is 1.19 bits per heavy atom. The van der Waals surface area contributed by atoms with Crippen LogP contribution in [0.1, 0.15) is 12.5 Å². The van der Waals surface area contributed by atoms with Crippen LogP contribution in [0, 0.1) is 6.92 Å². The first kappa shape index (κ1) is 17.0. The first-order valence-corrected chi connectivity index (χ1v) is 9.65. The van der Waals surface area contributed by atoms with Crippen molar-refractivity contribution < 1.29 is 0 Å². The molecule has 2 aromatic heterocycles. The molecule has 1 saturated heterocycles. The van der Waals surface area contributed by atoms with Crippen LogP contribution in [0.25, 0.3) is 4.96 Å². The molecule has 0 atom stereocenters. The average Bonchev–Trinajstić information content (AvgIpc) is 3.06. The molecule has 26 heavy (non-hydrogen) atoms. The molecular weight excluding hydrogens is 348 g/mol. The average molecular weight is 370 g/mol. The van der Waals surface area contributed by atoms with E-state index in [0.29, 0.717) is 10.1 Å². The van der Waals surface area contributed by atoms with Crippen molar-refractivity contribution in [1.29, 1.82) is 0 Å². The molecule has 0 radical (unpaired) electrons. The Labute approximate surface area is 155 Å². The second-order valence-corrected chi connectivity index (χ2v) is 7.39. The highest BCUT2D eigenvalue weighted by Crippen LogP contribution is 2.27. The summed E-state index contributed by atoms with van der Waals surface area (Å²) >= 11 is 1.36. The van der Waals surface area contributed by atoms with E-state index in [1.54, 1.807) is 0 Å². The van der Waals surface area contributed by atoms with Gasteiger partial charge in [-0.05, 0) is 37.2 Å². The summed E-state index contributed by atoms with van der Waals surface area (Å²) in [6.07, 6.45) is 1.51. The lowest BCUT2D eigenvalue weighted by Gasteiger charge is -2.36. The number of benzene rings is 1. The maximum atomic E-state index is 11.8. The van der Waals surface area contributed by atoms with Crippen molar-refractivity contribution in [3.63, 3.8) is 0 Å². The first-order valence-electron chi connectivity index (χ1n) is 8.84. The molecule has 4 rings (SSSR count). The first-order chi connectivity index (χ1) is 12.6. The third-order valence-corrected chi connectivity index (χ3v) is 5.62. The zero-order chi connectivity index (χ0) is 18.1. The fraction of sp³-hybridized carbons (Fsp3) is 0.389. The summed E-state index contributed by atoms with van der Waals surface area (Å²) in [5, 5.41) is 8.25. The number of aromatic nitrogens is 3. The lowest BCUT2D eigenvalue weighted by Crippen LogP contribution is -2.46. The minimum absolute atomic E-state index is 0.169. The number of aryl methyl sites for hydroxylation is 1. The van der Waals surface area contributed by atoms with Crippen LogP contribution in [0.4, 0.5) is 16.5 Å².